The Morgan fingerprint density at radius 1 is 1.15 bits per heavy atom. The fourth-order valence-corrected chi connectivity index (χ4v) is 6.13. The summed E-state index contributed by atoms with van der Waals surface area (Å²) in [5.74, 6) is -1.91. The van der Waals surface area contributed by atoms with Crippen molar-refractivity contribution in [3.05, 3.63) is 69.5 Å². The second-order valence-electron chi connectivity index (χ2n) is 10.8. The lowest BCUT2D eigenvalue weighted by Crippen LogP contribution is -2.46. The Kier molecular flexibility index (Phi) is 7.58. The van der Waals surface area contributed by atoms with Gasteiger partial charge < -0.3 is 9.84 Å². The Morgan fingerprint density at radius 2 is 1.88 bits per heavy atom. The van der Waals surface area contributed by atoms with E-state index in [-0.39, 0.29) is 23.3 Å². The van der Waals surface area contributed by atoms with Crippen molar-refractivity contribution in [2.45, 2.75) is 57.5 Å². The summed E-state index contributed by atoms with van der Waals surface area (Å²) in [6.45, 7) is 8.32. The zero-order chi connectivity index (χ0) is 24.6. The molecular weight excluding hydrogens is 476 g/mol. The van der Waals surface area contributed by atoms with Crippen molar-refractivity contribution in [2.75, 3.05) is 19.8 Å². The highest BCUT2D eigenvalue weighted by molar-refractivity contribution is 6.30. The van der Waals surface area contributed by atoms with Gasteiger partial charge in [0, 0.05) is 41.1 Å². The zero-order valence-corrected chi connectivity index (χ0v) is 21.3. The van der Waals surface area contributed by atoms with E-state index in [1.165, 1.54) is 6.07 Å². The molecule has 2 aliphatic heterocycles. The number of aliphatic carboxylic acids is 1. The number of carboxylic acids is 1. The second kappa shape index (κ2) is 10.1. The minimum absolute atomic E-state index is 0.0947. The van der Waals surface area contributed by atoms with Gasteiger partial charge in [0.2, 0.25) is 0 Å². The van der Waals surface area contributed by atoms with Gasteiger partial charge in [0.1, 0.15) is 11.9 Å². The zero-order valence-electron chi connectivity index (χ0n) is 19.8. The molecule has 4 nitrogen and oxygen atoms in total. The van der Waals surface area contributed by atoms with E-state index in [0.29, 0.717) is 41.8 Å². The molecule has 0 spiro atoms. The summed E-state index contributed by atoms with van der Waals surface area (Å²) in [5, 5.41) is 11.4. The number of nitrogens with zero attached hydrogens (tertiary/aromatic N) is 1. The van der Waals surface area contributed by atoms with E-state index in [1.807, 2.05) is 18.2 Å². The van der Waals surface area contributed by atoms with Crippen molar-refractivity contribution in [2.24, 2.45) is 11.3 Å². The van der Waals surface area contributed by atoms with Gasteiger partial charge in [0.25, 0.3) is 0 Å². The number of ether oxygens (including phenoxy) is 1. The SMILES string of the molecule is CC(C)(C)CC1C(c2ccc(Cl)cc2F)C(c2cccc(Cl)c2)C(C(=O)O)N1CC1CCOC1. The number of likely N-dealkylation sites (tertiary alicyclic amines) is 1. The molecule has 2 aromatic rings. The van der Waals surface area contributed by atoms with Crippen molar-refractivity contribution in [1.82, 2.24) is 4.90 Å². The molecule has 34 heavy (non-hydrogen) atoms. The number of carboxylic acid groups (broad SMARTS) is 1. The molecule has 2 saturated heterocycles. The number of halogens is 3. The van der Waals surface area contributed by atoms with Gasteiger partial charge in [-0.25, -0.2) is 4.39 Å². The molecule has 2 aliphatic rings. The fraction of sp³-hybridized carbons (Fsp3) is 0.519. The summed E-state index contributed by atoms with van der Waals surface area (Å²) in [7, 11) is 0. The van der Waals surface area contributed by atoms with Crippen molar-refractivity contribution >= 4 is 29.2 Å². The maximum atomic E-state index is 15.4. The smallest absolute Gasteiger partial charge is 0.321 e. The lowest BCUT2D eigenvalue weighted by Gasteiger charge is -2.36. The molecule has 2 fully saturated rings. The van der Waals surface area contributed by atoms with Gasteiger partial charge in [-0.2, -0.15) is 0 Å². The van der Waals surface area contributed by atoms with Crippen LogP contribution in [0.5, 0.6) is 0 Å². The number of carbonyl (C=O) groups is 1. The Labute approximate surface area is 211 Å². The van der Waals surface area contributed by atoms with E-state index in [2.05, 4.69) is 25.7 Å². The third kappa shape index (κ3) is 5.43. The summed E-state index contributed by atoms with van der Waals surface area (Å²) in [5.41, 5.74) is 1.21. The van der Waals surface area contributed by atoms with Crippen molar-refractivity contribution < 1.29 is 19.0 Å². The molecule has 2 heterocycles. The summed E-state index contributed by atoms with van der Waals surface area (Å²) >= 11 is 12.4. The monoisotopic (exact) mass is 507 g/mol. The van der Waals surface area contributed by atoms with Crippen LogP contribution in [0.25, 0.3) is 0 Å². The molecule has 4 rings (SSSR count). The normalized spacial score (nSPS) is 27.9. The Bertz CT molecular complexity index is 1030. The first-order chi connectivity index (χ1) is 16.0. The van der Waals surface area contributed by atoms with Gasteiger partial charge >= 0.3 is 5.97 Å². The summed E-state index contributed by atoms with van der Waals surface area (Å²) in [6.07, 6.45) is 1.61. The van der Waals surface area contributed by atoms with Crippen molar-refractivity contribution in [3.63, 3.8) is 0 Å². The summed E-state index contributed by atoms with van der Waals surface area (Å²) < 4.78 is 21.0. The average Bonchev–Trinajstić information content (AvgIpc) is 3.34. The fourth-order valence-electron chi connectivity index (χ4n) is 5.77. The molecule has 184 valence electrons. The van der Waals surface area contributed by atoms with Gasteiger partial charge in [-0.05, 0) is 59.6 Å². The lowest BCUT2D eigenvalue weighted by molar-refractivity contribution is -0.143. The molecule has 2 aromatic carbocycles. The van der Waals surface area contributed by atoms with Crippen LogP contribution in [-0.4, -0.2) is 47.8 Å². The van der Waals surface area contributed by atoms with E-state index < -0.39 is 23.7 Å². The van der Waals surface area contributed by atoms with E-state index in [4.69, 9.17) is 27.9 Å². The van der Waals surface area contributed by atoms with E-state index >= 15 is 4.39 Å². The predicted octanol–water partition coefficient (Wildman–Crippen LogP) is 6.61. The van der Waals surface area contributed by atoms with Crippen LogP contribution in [-0.2, 0) is 9.53 Å². The summed E-state index contributed by atoms with van der Waals surface area (Å²) in [6, 6.07) is 11.1. The minimum atomic E-state index is -0.903. The summed E-state index contributed by atoms with van der Waals surface area (Å²) in [4.78, 5) is 15.0. The third-order valence-electron chi connectivity index (χ3n) is 7.05. The topological polar surface area (TPSA) is 49.8 Å². The van der Waals surface area contributed by atoms with Crippen LogP contribution < -0.4 is 0 Å². The lowest BCUT2D eigenvalue weighted by atomic mass is 9.74. The quantitative estimate of drug-likeness (QED) is 0.477. The molecule has 0 radical (unpaired) electrons. The molecule has 0 amide bonds. The van der Waals surface area contributed by atoms with Crippen LogP contribution in [0.2, 0.25) is 10.0 Å². The van der Waals surface area contributed by atoms with Crippen LogP contribution in [0, 0.1) is 17.2 Å². The number of hydrogen-bond acceptors (Lipinski definition) is 3. The van der Waals surface area contributed by atoms with Gasteiger partial charge in [-0.15, -0.1) is 0 Å². The van der Waals surface area contributed by atoms with Crippen molar-refractivity contribution in [3.8, 4) is 0 Å². The van der Waals surface area contributed by atoms with E-state index in [0.717, 1.165) is 12.0 Å². The van der Waals surface area contributed by atoms with Crippen molar-refractivity contribution in [1.29, 1.82) is 0 Å². The first kappa shape index (κ1) is 25.4. The molecule has 5 atom stereocenters. The van der Waals surface area contributed by atoms with Crippen LogP contribution in [0.4, 0.5) is 4.39 Å². The average molecular weight is 508 g/mol. The molecular formula is C27H32Cl2FNO3. The first-order valence-electron chi connectivity index (χ1n) is 11.8. The maximum absolute atomic E-state index is 15.4. The molecule has 1 N–H and O–H groups in total. The molecule has 5 unspecified atom stereocenters. The first-order valence-corrected chi connectivity index (χ1v) is 12.6. The van der Waals surface area contributed by atoms with Gasteiger partial charge in [-0.3, -0.25) is 9.69 Å². The molecule has 0 bridgehead atoms. The highest BCUT2D eigenvalue weighted by Gasteiger charge is 2.54. The molecule has 0 aromatic heterocycles. The predicted molar refractivity (Wildman–Crippen MR) is 133 cm³/mol. The van der Waals surface area contributed by atoms with E-state index in [1.54, 1.807) is 18.2 Å². The third-order valence-corrected chi connectivity index (χ3v) is 7.52. The molecule has 0 saturated carbocycles. The van der Waals surface area contributed by atoms with Crippen LogP contribution in [0.3, 0.4) is 0 Å². The standard InChI is InChI=1S/C27H32Cl2FNO3/c1-27(2,3)13-22-24(20-8-7-19(29)12-21(20)30)23(17-5-4-6-18(28)11-17)25(26(32)33)31(22)14-16-9-10-34-15-16/h4-8,11-12,16,22-25H,9-10,13-15H2,1-3H3,(H,32,33). The second-order valence-corrected chi connectivity index (χ2v) is 11.7. The van der Waals surface area contributed by atoms with Crippen LogP contribution >= 0.6 is 23.2 Å². The van der Waals surface area contributed by atoms with Gasteiger partial charge in [0.15, 0.2) is 0 Å². The van der Waals surface area contributed by atoms with E-state index in [9.17, 15) is 9.90 Å². The highest BCUT2D eigenvalue weighted by atomic mass is 35.5. The number of hydrogen-bond donors (Lipinski definition) is 1. The van der Waals surface area contributed by atoms with Crippen LogP contribution in [0.1, 0.15) is 56.6 Å². The van der Waals surface area contributed by atoms with Crippen LogP contribution in [0.15, 0.2) is 42.5 Å². The maximum Gasteiger partial charge on any atom is 0.321 e. The number of rotatable bonds is 6. The Hall–Kier alpha value is -1.66. The molecule has 7 heteroatoms. The largest absolute Gasteiger partial charge is 0.480 e. The number of benzene rings is 2. The van der Waals surface area contributed by atoms with Gasteiger partial charge in [0.05, 0.1) is 6.61 Å². The minimum Gasteiger partial charge on any atom is -0.480 e. The Balaban J connectivity index is 1.90. The molecule has 0 aliphatic carbocycles. The Morgan fingerprint density at radius 3 is 2.47 bits per heavy atom. The van der Waals surface area contributed by atoms with Gasteiger partial charge in [-0.1, -0.05) is 62.2 Å². The highest BCUT2D eigenvalue weighted by Crippen LogP contribution is 2.52.